The predicted molar refractivity (Wildman–Crippen MR) is 145 cm³/mol. The minimum absolute atomic E-state index is 0.0613. The molecule has 3 aliphatic rings. The lowest BCUT2D eigenvalue weighted by molar-refractivity contribution is -0.137. The van der Waals surface area contributed by atoms with Crippen LogP contribution in [0.15, 0.2) is 24.5 Å². The molecule has 3 fully saturated rings. The zero-order valence-electron chi connectivity index (χ0n) is 22.8. The molecule has 13 nitrogen and oxygen atoms in total. The van der Waals surface area contributed by atoms with Crippen LogP contribution in [0.5, 0.6) is 5.75 Å². The van der Waals surface area contributed by atoms with Crippen LogP contribution < -0.4 is 15.8 Å². The SMILES string of the molecule is Nc1nc(C#CCC2CCN(C(=O)Oc3ccc(F)c(F)c3)CC2)nc2c1ncn2[C@@H]1O[C@H](C(=O)NC2CC2)C(O)[C@@H]1O. The molecular formula is C28H29F2N7O6. The number of hydrogen-bond acceptors (Lipinski definition) is 10. The van der Waals surface area contributed by atoms with E-state index in [1.165, 1.54) is 21.9 Å². The van der Waals surface area contributed by atoms with Gasteiger partial charge in [0.2, 0.25) is 5.82 Å². The van der Waals surface area contributed by atoms with Gasteiger partial charge < -0.3 is 35.6 Å². The van der Waals surface area contributed by atoms with Gasteiger partial charge in [0.15, 0.2) is 35.4 Å². The first kappa shape index (κ1) is 28.7. The number of carbonyl (C=O) groups excluding carboxylic acids is 2. The molecule has 0 bridgehead atoms. The Labute approximate surface area is 244 Å². The van der Waals surface area contributed by atoms with Crippen LogP contribution in [0.2, 0.25) is 0 Å². The average Bonchev–Trinajstić information content (AvgIpc) is 3.62. The molecule has 3 aromatic rings. The molecule has 1 aliphatic carbocycles. The fourth-order valence-corrected chi connectivity index (χ4v) is 5.10. The number of ether oxygens (including phenoxy) is 2. The summed E-state index contributed by atoms with van der Waals surface area (Å²) in [5.41, 5.74) is 6.58. The van der Waals surface area contributed by atoms with Crippen molar-refractivity contribution >= 4 is 29.0 Å². The average molecular weight is 598 g/mol. The van der Waals surface area contributed by atoms with Gasteiger partial charge in [0.25, 0.3) is 5.91 Å². The zero-order valence-corrected chi connectivity index (χ0v) is 22.8. The molecule has 1 aromatic carbocycles. The molecule has 2 aliphatic heterocycles. The van der Waals surface area contributed by atoms with Crippen LogP contribution in [0.25, 0.3) is 11.2 Å². The fraction of sp³-hybridized carbons (Fsp3) is 0.464. The summed E-state index contributed by atoms with van der Waals surface area (Å²) in [7, 11) is 0. The second-order valence-electron chi connectivity index (χ2n) is 10.8. The standard InChI is InChI=1S/C28H29F2N7O6/c29-17-7-6-16(12-18(17)30)42-28(41)36-10-8-14(9-11-36)2-1-3-19-34-24(31)20-25(35-19)37(13-32-20)27-22(39)21(38)23(43-27)26(40)33-15-4-5-15/h6-7,12-15,21-23,27,38-39H,2,4-5,8-11H2,(H,33,40)(H2,31,34,35)/t21?,22-,23-,27+/m0/s1. The topological polar surface area (TPSA) is 178 Å². The Balaban J connectivity index is 1.07. The van der Waals surface area contributed by atoms with E-state index in [0.29, 0.717) is 32.4 Å². The Hall–Kier alpha value is -4.39. The second-order valence-corrected chi connectivity index (χ2v) is 10.8. The highest BCUT2D eigenvalue weighted by molar-refractivity contribution is 5.83. The van der Waals surface area contributed by atoms with Crippen LogP contribution in [-0.4, -0.2) is 84.1 Å². The molecule has 0 radical (unpaired) electrons. The van der Waals surface area contributed by atoms with Crippen LogP contribution in [0.4, 0.5) is 19.4 Å². The van der Waals surface area contributed by atoms with Crippen molar-refractivity contribution in [1.29, 1.82) is 0 Å². The van der Waals surface area contributed by atoms with Crippen LogP contribution in [-0.2, 0) is 9.53 Å². The molecule has 2 amide bonds. The fourth-order valence-electron chi connectivity index (χ4n) is 5.10. The highest BCUT2D eigenvalue weighted by Gasteiger charge is 2.48. The normalized spacial score (nSPS) is 24.0. The number of anilines is 1. The number of carbonyl (C=O) groups is 2. The van der Waals surface area contributed by atoms with E-state index in [-0.39, 0.29) is 40.5 Å². The van der Waals surface area contributed by atoms with E-state index in [0.717, 1.165) is 25.0 Å². The second kappa shape index (κ2) is 11.7. The maximum atomic E-state index is 13.4. The quantitative estimate of drug-likeness (QED) is 0.313. The molecule has 4 heterocycles. The van der Waals surface area contributed by atoms with Gasteiger partial charge in [0.05, 0.1) is 6.33 Å². The minimum atomic E-state index is -1.45. The first-order valence-corrected chi connectivity index (χ1v) is 13.9. The third-order valence-electron chi connectivity index (χ3n) is 7.70. The highest BCUT2D eigenvalue weighted by Crippen LogP contribution is 2.33. The third kappa shape index (κ3) is 6.07. The summed E-state index contributed by atoms with van der Waals surface area (Å²) >= 11 is 0. The van der Waals surface area contributed by atoms with Crippen LogP contribution in [0, 0.1) is 29.4 Å². The number of nitrogens with two attached hydrogens (primary N) is 1. The van der Waals surface area contributed by atoms with Crippen molar-refractivity contribution in [2.24, 2.45) is 5.92 Å². The van der Waals surface area contributed by atoms with Gasteiger partial charge in [-0.3, -0.25) is 9.36 Å². The number of aromatic nitrogens is 4. The number of halogens is 2. The lowest BCUT2D eigenvalue weighted by Gasteiger charge is -2.30. The van der Waals surface area contributed by atoms with E-state index in [1.807, 2.05) is 0 Å². The third-order valence-corrected chi connectivity index (χ3v) is 7.70. The molecule has 4 atom stereocenters. The number of hydrogen-bond donors (Lipinski definition) is 4. The van der Waals surface area contributed by atoms with Crippen molar-refractivity contribution in [3.8, 4) is 17.6 Å². The number of imidazole rings is 1. The van der Waals surface area contributed by atoms with Crippen LogP contribution >= 0.6 is 0 Å². The van der Waals surface area contributed by atoms with E-state index < -0.39 is 48.2 Å². The number of fused-ring (bicyclic) bond motifs is 1. The maximum absolute atomic E-state index is 13.4. The minimum Gasteiger partial charge on any atom is -0.410 e. The lowest BCUT2D eigenvalue weighted by Crippen LogP contribution is -2.43. The zero-order chi connectivity index (χ0) is 30.2. The molecule has 15 heteroatoms. The Morgan fingerprint density at radius 3 is 2.60 bits per heavy atom. The van der Waals surface area contributed by atoms with Gasteiger partial charge in [0.1, 0.15) is 23.5 Å². The van der Waals surface area contributed by atoms with Crippen molar-refractivity contribution in [1.82, 2.24) is 29.7 Å². The van der Waals surface area contributed by atoms with Gasteiger partial charge in [-0.25, -0.2) is 28.5 Å². The number of nitrogen functional groups attached to an aromatic ring is 1. The number of aliphatic hydroxyl groups is 2. The summed E-state index contributed by atoms with van der Waals surface area (Å²) in [6, 6.07) is 2.97. The number of piperidine rings is 1. The molecule has 43 heavy (non-hydrogen) atoms. The summed E-state index contributed by atoms with van der Waals surface area (Å²) in [5, 5.41) is 23.9. The number of benzene rings is 1. The summed E-state index contributed by atoms with van der Waals surface area (Å²) in [6.07, 6.45) is -0.998. The smallest absolute Gasteiger partial charge is 0.410 e. The molecular weight excluding hydrogens is 568 g/mol. The molecule has 6 rings (SSSR count). The Morgan fingerprint density at radius 1 is 1.12 bits per heavy atom. The Kier molecular flexibility index (Phi) is 7.82. The first-order valence-electron chi connectivity index (χ1n) is 13.9. The van der Waals surface area contributed by atoms with E-state index >= 15 is 0 Å². The Bertz CT molecular complexity index is 1610. The van der Waals surface area contributed by atoms with Crippen molar-refractivity contribution in [2.45, 2.75) is 62.7 Å². The summed E-state index contributed by atoms with van der Waals surface area (Å²) < 4.78 is 38.8. The number of nitrogens with zero attached hydrogens (tertiary/aromatic N) is 5. The van der Waals surface area contributed by atoms with Gasteiger partial charge >= 0.3 is 6.09 Å². The molecule has 2 saturated heterocycles. The van der Waals surface area contributed by atoms with Gasteiger partial charge in [-0.1, -0.05) is 5.92 Å². The van der Waals surface area contributed by atoms with Crippen molar-refractivity contribution in [2.75, 3.05) is 18.8 Å². The summed E-state index contributed by atoms with van der Waals surface area (Å²) in [5.74, 6) is 3.65. The van der Waals surface area contributed by atoms with Gasteiger partial charge in [0, 0.05) is 31.6 Å². The molecule has 1 saturated carbocycles. The van der Waals surface area contributed by atoms with Crippen molar-refractivity contribution < 1.29 is 38.1 Å². The van der Waals surface area contributed by atoms with E-state index in [2.05, 4.69) is 32.1 Å². The molecule has 1 unspecified atom stereocenters. The summed E-state index contributed by atoms with van der Waals surface area (Å²) in [6.45, 7) is 0.831. The van der Waals surface area contributed by atoms with Gasteiger partial charge in [-0.2, -0.15) is 0 Å². The maximum Gasteiger partial charge on any atom is 0.415 e. The van der Waals surface area contributed by atoms with Crippen molar-refractivity contribution in [3.05, 3.63) is 42.0 Å². The van der Waals surface area contributed by atoms with Gasteiger partial charge in [-0.15, -0.1) is 0 Å². The molecule has 0 spiro atoms. The van der Waals surface area contributed by atoms with Gasteiger partial charge in [-0.05, 0) is 49.7 Å². The van der Waals surface area contributed by atoms with Crippen molar-refractivity contribution in [3.63, 3.8) is 0 Å². The Morgan fingerprint density at radius 2 is 1.88 bits per heavy atom. The number of rotatable bonds is 5. The highest BCUT2D eigenvalue weighted by atomic mass is 19.2. The van der Waals surface area contributed by atoms with E-state index in [1.54, 1.807) is 0 Å². The number of aliphatic hydroxyl groups excluding tert-OH is 2. The van der Waals surface area contributed by atoms with Crippen LogP contribution in [0.1, 0.15) is 44.2 Å². The van der Waals surface area contributed by atoms with Crippen LogP contribution in [0.3, 0.4) is 0 Å². The number of likely N-dealkylation sites (tertiary alicyclic amines) is 1. The van der Waals surface area contributed by atoms with E-state index in [9.17, 15) is 28.6 Å². The largest absolute Gasteiger partial charge is 0.415 e. The molecule has 5 N–H and O–H groups in total. The number of amides is 2. The molecule has 226 valence electrons. The number of nitrogens with one attached hydrogen (secondary N) is 1. The lowest BCUT2D eigenvalue weighted by atomic mass is 9.94. The first-order chi connectivity index (χ1) is 20.7. The van der Waals surface area contributed by atoms with E-state index in [4.69, 9.17) is 15.2 Å². The summed E-state index contributed by atoms with van der Waals surface area (Å²) in [4.78, 5) is 39.3. The molecule has 2 aromatic heterocycles. The monoisotopic (exact) mass is 597 g/mol. The predicted octanol–water partition coefficient (Wildman–Crippen LogP) is 1.24.